The summed E-state index contributed by atoms with van der Waals surface area (Å²) < 4.78 is 0. The molecule has 0 radical (unpaired) electrons. The molecule has 18 heavy (non-hydrogen) atoms. The number of rotatable bonds is 8. The van der Waals surface area contributed by atoms with Crippen molar-refractivity contribution in [1.29, 1.82) is 0 Å². The van der Waals surface area contributed by atoms with E-state index in [1.54, 1.807) is 7.05 Å². The molecule has 0 heterocycles. The number of carbonyl (C=O) groups excluding carboxylic acids is 3. The number of nitrogens with one attached hydrogen (secondary N) is 3. The van der Waals surface area contributed by atoms with E-state index in [2.05, 4.69) is 41.2 Å². The molecule has 0 aromatic heterocycles. The van der Waals surface area contributed by atoms with Gasteiger partial charge in [0.2, 0.25) is 17.7 Å². The van der Waals surface area contributed by atoms with Gasteiger partial charge in [0.15, 0.2) is 0 Å². The first-order valence-corrected chi connectivity index (χ1v) is 6.78. The Morgan fingerprint density at radius 1 is 1.06 bits per heavy atom. The van der Waals surface area contributed by atoms with Gasteiger partial charge in [-0.1, -0.05) is 0 Å². The zero-order valence-corrected chi connectivity index (χ0v) is 12.0. The fraction of sp³-hybridized carbons (Fsp3) is 0.700. The van der Waals surface area contributed by atoms with Crippen molar-refractivity contribution in [2.75, 3.05) is 25.1 Å². The smallest absolute Gasteiger partial charge is 0.230 e. The van der Waals surface area contributed by atoms with Crippen LogP contribution < -0.4 is 16.0 Å². The Bertz CT molecular complexity index is 280. The molecule has 0 fully saturated rings. The molecule has 3 N–H and O–H groups in total. The first-order valence-electron chi connectivity index (χ1n) is 5.51. The lowest BCUT2D eigenvalue weighted by Gasteiger charge is -2.18. The third kappa shape index (κ3) is 8.24. The van der Waals surface area contributed by atoms with Gasteiger partial charge < -0.3 is 16.0 Å². The molecule has 6 nitrogen and oxygen atoms in total. The van der Waals surface area contributed by atoms with E-state index in [-0.39, 0.29) is 48.2 Å². The summed E-state index contributed by atoms with van der Waals surface area (Å²) in [5, 5.41) is 7.80. The Kier molecular flexibility index (Phi) is 9.57. The van der Waals surface area contributed by atoms with Gasteiger partial charge in [-0.15, -0.1) is 0 Å². The molecule has 0 spiro atoms. The third-order valence-electron chi connectivity index (χ3n) is 2.20. The topological polar surface area (TPSA) is 87.3 Å². The highest BCUT2D eigenvalue weighted by Crippen LogP contribution is 1.97. The molecule has 0 saturated carbocycles. The van der Waals surface area contributed by atoms with Crippen LogP contribution in [0.3, 0.4) is 0 Å². The molecule has 1 unspecified atom stereocenters. The maximum absolute atomic E-state index is 11.2. The van der Waals surface area contributed by atoms with E-state index in [4.69, 9.17) is 0 Å². The summed E-state index contributed by atoms with van der Waals surface area (Å²) in [5.74, 6) is -0.413. The standard InChI is InChI=1S/C10H19N3O3S2/c1-11-8(14)3-2-7(13-10(16)6-18)4-12-9(15)5-17/h7,17-18H,2-6H2,1H3,(H,11,14)(H,12,15)(H,13,16). The van der Waals surface area contributed by atoms with Crippen molar-refractivity contribution in [1.82, 2.24) is 16.0 Å². The van der Waals surface area contributed by atoms with Crippen molar-refractivity contribution in [3.63, 3.8) is 0 Å². The lowest BCUT2D eigenvalue weighted by molar-refractivity contribution is -0.122. The predicted molar refractivity (Wildman–Crippen MR) is 75.9 cm³/mol. The second kappa shape index (κ2) is 10.1. The summed E-state index contributed by atoms with van der Waals surface area (Å²) in [5.41, 5.74) is 0. The lowest BCUT2D eigenvalue weighted by atomic mass is 10.1. The number of hydrogen-bond donors (Lipinski definition) is 5. The fourth-order valence-corrected chi connectivity index (χ4v) is 1.42. The van der Waals surface area contributed by atoms with Gasteiger partial charge in [0.05, 0.1) is 11.5 Å². The number of amides is 3. The van der Waals surface area contributed by atoms with Crippen LogP contribution in [0.15, 0.2) is 0 Å². The van der Waals surface area contributed by atoms with Gasteiger partial charge in [-0.3, -0.25) is 14.4 Å². The highest BCUT2D eigenvalue weighted by Gasteiger charge is 2.14. The van der Waals surface area contributed by atoms with Gasteiger partial charge in [0.1, 0.15) is 0 Å². The second-order valence-corrected chi connectivity index (χ2v) is 4.23. The molecule has 1 atom stereocenters. The van der Waals surface area contributed by atoms with E-state index >= 15 is 0 Å². The van der Waals surface area contributed by atoms with Crippen LogP contribution in [-0.2, 0) is 14.4 Å². The van der Waals surface area contributed by atoms with Crippen LogP contribution in [-0.4, -0.2) is 48.9 Å². The molecule has 0 aromatic rings. The van der Waals surface area contributed by atoms with Crippen LogP contribution in [0.25, 0.3) is 0 Å². The zero-order chi connectivity index (χ0) is 14.0. The van der Waals surface area contributed by atoms with Crippen molar-refractivity contribution in [3.8, 4) is 0 Å². The predicted octanol–water partition coefficient (Wildman–Crippen LogP) is -1.03. The summed E-state index contributed by atoms with van der Waals surface area (Å²) in [6, 6.07) is -0.286. The van der Waals surface area contributed by atoms with Gasteiger partial charge in [-0.2, -0.15) is 25.3 Å². The van der Waals surface area contributed by atoms with Gasteiger partial charge in [0.25, 0.3) is 0 Å². The quantitative estimate of drug-likeness (QED) is 0.371. The Labute approximate surface area is 117 Å². The molecular formula is C10H19N3O3S2. The van der Waals surface area contributed by atoms with E-state index in [0.717, 1.165) is 0 Å². The van der Waals surface area contributed by atoms with Crippen LogP contribution in [0, 0.1) is 0 Å². The molecule has 0 aliphatic carbocycles. The average Bonchev–Trinajstić information content (AvgIpc) is 2.40. The summed E-state index contributed by atoms with van der Waals surface area (Å²) in [6.45, 7) is 0.274. The Balaban J connectivity index is 4.19. The SMILES string of the molecule is CNC(=O)CCC(CNC(=O)CS)NC(=O)CS. The maximum Gasteiger partial charge on any atom is 0.230 e. The first-order chi connectivity index (χ1) is 8.53. The largest absolute Gasteiger partial charge is 0.359 e. The highest BCUT2D eigenvalue weighted by molar-refractivity contribution is 7.81. The van der Waals surface area contributed by atoms with Crippen molar-refractivity contribution in [2.24, 2.45) is 0 Å². The molecular weight excluding hydrogens is 274 g/mol. The van der Waals surface area contributed by atoms with E-state index in [9.17, 15) is 14.4 Å². The first kappa shape index (κ1) is 17.1. The average molecular weight is 293 g/mol. The summed E-state index contributed by atoms with van der Waals surface area (Å²) in [7, 11) is 1.55. The fourth-order valence-electron chi connectivity index (χ4n) is 1.22. The van der Waals surface area contributed by atoms with Crippen LogP contribution in [0.1, 0.15) is 12.8 Å². The molecule has 0 aromatic carbocycles. The Morgan fingerprint density at radius 2 is 1.67 bits per heavy atom. The van der Waals surface area contributed by atoms with Crippen LogP contribution in [0.5, 0.6) is 0 Å². The Hall–Kier alpha value is -0.890. The minimum atomic E-state index is -0.286. The molecule has 0 aliphatic heterocycles. The molecule has 104 valence electrons. The number of hydrogen-bond acceptors (Lipinski definition) is 5. The second-order valence-electron chi connectivity index (χ2n) is 3.60. The normalized spacial score (nSPS) is 11.5. The van der Waals surface area contributed by atoms with Crippen molar-refractivity contribution < 1.29 is 14.4 Å². The van der Waals surface area contributed by atoms with Gasteiger partial charge in [-0.05, 0) is 6.42 Å². The van der Waals surface area contributed by atoms with Gasteiger partial charge >= 0.3 is 0 Å². The van der Waals surface area contributed by atoms with Gasteiger partial charge in [0, 0.05) is 26.1 Å². The lowest BCUT2D eigenvalue weighted by Crippen LogP contribution is -2.45. The summed E-state index contributed by atoms with van der Waals surface area (Å²) in [4.78, 5) is 33.4. The highest BCUT2D eigenvalue weighted by atomic mass is 32.1. The van der Waals surface area contributed by atoms with E-state index in [1.165, 1.54) is 0 Å². The molecule has 8 heteroatoms. The summed E-state index contributed by atoms with van der Waals surface area (Å²) >= 11 is 7.68. The van der Waals surface area contributed by atoms with Crippen molar-refractivity contribution >= 4 is 43.0 Å². The monoisotopic (exact) mass is 293 g/mol. The summed E-state index contributed by atoms with van der Waals surface area (Å²) in [6.07, 6.45) is 0.733. The third-order valence-corrected chi connectivity index (χ3v) is 2.77. The van der Waals surface area contributed by atoms with E-state index in [1.807, 2.05) is 0 Å². The van der Waals surface area contributed by atoms with Gasteiger partial charge in [-0.25, -0.2) is 0 Å². The molecule has 0 saturated heterocycles. The Morgan fingerprint density at radius 3 is 2.17 bits per heavy atom. The van der Waals surface area contributed by atoms with Crippen LogP contribution in [0.2, 0.25) is 0 Å². The van der Waals surface area contributed by atoms with Crippen LogP contribution in [0.4, 0.5) is 0 Å². The zero-order valence-electron chi connectivity index (χ0n) is 10.2. The minimum Gasteiger partial charge on any atom is -0.359 e. The molecule has 0 bridgehead atoms. The number of thiol groups is 2. The van der Waals surface area contributed by atoms with Crippen LogP contribution >= 0.6 is 25.3 Å². The molecule has 3 amide bonds. The minimum absolute atomic E-state index is 0.0665. The molecule has 0 rings (SSSR count). The van der Waals surface area contributed by atoms with Crippen molar-refractivity contribution in [3.05, 3.63) is 0 Å². The molecule has 0 aliphatic rings. The van der Waals surface area contributed by atoms with E-state index in [0.29, 0.717) is 6.42 Å². The maximum atomic E-state index is 11.2. The number of carbonyl (C=O) groups is 3. The van der Waals surface area contributed by atoms with Crippen molar-refractivity contribution in [2.45, 2.75) is 18.9 Å². The van der Waals surface area contributed by atoms with E-state index < -0.39 is 0 Å².